The van der Waals surface area contributed by atoms with Gasteiger partial charge in [0.15, 0.2) is 0 Å². The van der Waals surface area contributed by atoms with Crippen molar-refractivity contribution in [1.82, 2.24) is 4.72 Å². The molecule has 0 heterocycles. The van der Waals surface area contributed by atoms with Gasteiger partial charge in [0.2, 0.25) is 10.0 Å². The van der Waals surface area contributed by atoms with Crippen molar-refractivity contribution >= 4 is 16.0 Å². The standard InChI is InChI=1S/C15H21NO4S/c1-10-6-11(2)8-13(7-10)16-21(19,20)14-5-3-4-12(9-14)15(17)18/h3-5,9-11,13,16H,6-8H2,1-2H3,(H,17,18). The summed E-state index contributed by atoms with van der Waals surface area (Å²) in [7, 11) is -3.68. The first-order chi connectivity index (χ1) is 9.78. The molecule has 1 fully saturated rings. The van der Waals surface area contributed by atoms with E-state index in [2.05, 4.69) is 18.6 Å². The Kier molecular flexibility index (Phi) is 4.68. The Morgan fingerprint density at radius 3 is 2.38 bits per heavy atom. The summed E-state index contributed by atoms with van der Waals surface area (Å²) in [5.41, 5.74) is -0.0248. The summed E-state index contributed by atoms with van der Waals surface area (Å²) in [4.78, 5) is 10.9. The molecule has 0 bridgehead atoms. The predicted molar refractivity (Wildman–Crippen MR) is 79.7 cm³/mol. The van der Waals surface area contributed by atoms with Crippen LogP contribution in [0.5, 0.6) is 0 Å². The van der Waals surface area contributed by atoms with Crippen LogP contribution < -0.4 is 4.72 Å². The zero-order valence-corrected chi connectivity index (χ0v) is 13.1. The largest absolute Gasteiger partial charge is 0.478 e. The van der Waals surface area contributed by atoms with Gasteiger partial charge in [0.25, 0.3) is 0 Å². The second-order valence-corrected chi connectivity index (χ2v) is 7.78. The number of hydrogen-bond donors (Lipinski definition) is 2. The van der Waals surface area contributed by atoms with Crippen molar-refractivity contribution in [3.8, 4) is 0 Å². The normalized spacial score (nSPS) is 26.5. The highest BCUT2D eigenvalue weighted by Crippen LogP contribution is 2.29. The van der Waals surface area contributed by atoms with Gasteiger partial charge in [-0.05, 0) is 49.3 Å². The van der Waals surface area contributed by atoms with E-state index in [9.17, 15) is 13.2 Å². The molecule has 0 radical (unpaired) electrons. The zero-order chi connectivity index (χ0) is 15.6. The van der Waals surface area contributed by atoms with Gasteiger partial charge in [0, 0.05) is 6.04 Å². The number of benzene rings is 1. The molecule has 21 heavy (non-hydrogen) atoms. The van der Waals surface area contributed by atoms with Crippen LogP contribution in [0, 0.1) is 11.8 Å². The van der Waals surface area contributed by atoms with Gasteiger partial charge in [-0.1, -0.05) is 19.9 Å². The molecule has 2 unspecified atom stereocenters. The Bertz CT molecular complexity index is 616. The van der Waals surface area contributed by atoms with E-state index in [0.29, 0.717) is 11.8 Å². The summed E-state index contributed by atoms with van der Waals surface area (Å²) in [6.07, 6.45) is 2.76. The summed E-state index contributed by atoms with van der Waals surface area (Å²) in [6.45, 7) is 4.25. The quantitative estimate of drug-likeness (QED) is 0.895. The molecule has 2 rings (SSSR count). The molecule has 1 saturated carbocycles. The molecular weight excluding hydrogens is 290 g/mol. The first-order valence-corrected chi connectivity index (χ1v) is 8.62. The lowest BCUT2D eigenvalue weighted by molar-refractivity contribution is 0.0696. The van der Waals surface area contributed by atoms with Gasteiger partial charge in [-0.15, -0.1) is 0 Å². The average Bonchev–Trinajstić information content (AvgIpc) is 2.37. The minimum absolute atomic E-state index is 0.00767. The van der Waals surface area contributed by atoms with Gasteiger partial charge in [0.1, 0.15) is 0 Å². The van der Waals surface area contributed by atoms with Crippen molar-refractivity contribution in [2.45, 2.75) is 44.0 Å². The molecule has 0 amide bonds. The summed E-state index contributed by atoms with van der Waals surface area (Å²) in [5.74, 6) is -0.148. The highest BCUT2D eigenvalue weighted by atomic mass is 32.2. The van der Waals surface area contributed by atoms with Crippen molar-refractivity contribution in [3.05, 3.63) is 29.8 Å². The van der Waals surface area contributed by atoms with E-state index in [1.54, 1.807) is 0 Å². The SMILES string of the molecule is CC1CC(C)CC(NS(=O)(=O)c2cccc(C(=O)O)c2)C1. The van der Waals surface area contributed by atoms with E-state index >= 15 is 0 Å². The minimum atomic E-state index is -3.68. The second-order valence-electron chi connectivity index (χ2n) is 6.07. The van der Waals surface area contributed by atoms with Gasteiger partial charge in [-0.2, -0.15) is 0 Å². The van der Waals surface area contributed by atoms with Gasteiger partial charge in [-0.3, -0.25) is 0 Å². The molecule has 1 aliphatic carbocycles. The maximum absolute atomic E-state index is 12.4. The average molecular weight is 311 g/mol. The highest BCUT2D eigenvalue weighted by Gasteiger charge is 2.28. The van der Waals surface area contributed by atoms with Crippen LogP contribution in [-0.2, 0) is 10.0 Å². The van der Waals surface area contributed by atoms with Crippen LogP contribution in [0.25, 0.3) is 0 Å². The molecule has 0 aliphatic heterocycles. The molecule has 1 aliphatic rings. The van der Waals surface area contributed by atoms with Gasteiger partial charge >= 0.3 is 5.97 Å². The van der Waals surface area contributed by atoms with Crippen LogP contribution in [-0.4, -0.2) is 25.5 Å². The number of carbonyl (C=O) groups is 1. The van der Waals surface area contributed by atoms with Crippen LogP contribution in [0.1, 0.15) is 43.5 Å². The lowest BCUT2D eigenvalue weighted by Gasteiger charge is -2.31. The fourth-order valence-electron chi connectivity index (χ4n) is 3.13. The maximum atomic E-state index is 12.4. The molecule has 2 N–H and O–H groups in total. The fraction of sp³-hybridized carbons (Fsp3) is 0.533. The Morgan fingerprint density at radius 2 is 1.81 bits per heavy atom. The number of carboxylic acid groups (broad SMARTS) is 1. The van der Waals surface area contributed by atoms with Crippen LogP contribution in [0.2, 0.25) is 0 Å². The third-order valence-electron chi connectivity index (χ3n) is 3.89. The van der Waals surface area contributed by atoms with E-state index in [-0.39, 0.29) is 16.5 Å². The first kappa shape index (κ1) is 16.0. The second kappa shape index (κ2) is 6.15. The molecule has 116 valence electrons. The molecule has 0 aromatic heterocycles. The number of aromatic carboxylic acids is 1. The van der Waals surface area contributed by atoms with Crippen molar-refractivity contribution in [2.24, 2.45) is 11.8 Å². The number of nitrogens with one attached hydrogen (secondary N) is 1. The van der Waals surface area contributed by atoms with Gasteiger partial charge in [0.05, 0.1) is 10.5 Å². The molecule has 1 aromatic rings. The van der Waals surface area contributed by atoms with Crippen LogP contribution in [0.15, 0.2) is 29.2 Å². The van der Waals surface area contributed by atoms with E-state index in [1.165, 1.54) is 24.3 Å². The van der Waals surface area contributed by atoms with Crippen molar-refractivity contribution in [3.63, 3.8) is 0 Å². The minimum Gasteiger partial charge on any atom is -0.478 e. The molecule has 0 spiro atoms. The third-order valence-corrected chi connectivity index (χ3v) is 5.41. The van der Waals surface area contributed by atoms with E-state index in [4.69, 9.17) is 5.11 Å². The smallest absolute Gasteiger partial charge is 0.335 e. The summed E-state index contributed by atoms with van der Waals surface area (Å²) < 4.78 is 27.5. The Hall–Kier alpha value is -1.40. The van der Waals surface area contributed by atoms with E-state index in [1.807, 2.05) is 0 Å². The molecule has 6 heteroatoms. The van der Waals surface area contributed by atoms with Crippen LogP contribution in [0.4, 0.5) is 0 Å². The Balaban J connectivity index is 2.18. The summed E-state index contributed by atoms with van der Waals surface area (Å²) >= 11 is 0. The first-order valence-electron chi connectivity index (χ1n) is 7.13. The molecule has 1 aromatic carbocycles. The molecule has 0 saturated heterocycles. The van der Waals surface area contributed by atoms with Crippen LogP contribution in [0.3, 0.4) is 0 Å². The number of sulfonamides is 1. The highest BCUT2D eigenvalue weighted by molar-refractivity contribution is 7.89. The summed E-state index contributed by atoms with van der Waals surface area (Å²) in [6, 6.07) is 5.36. The Morgan fingerprint density at radius 1 is 1.19 bits per heavy atom. The lowest BCUT2D eigenvalue weighted by atomic mass is 9.81. The third kappa shape index (κ3) is 4.04. The Labute approximate surface area is 125 Å². The van der Waals surface area contributed by atoms with E-state index in [0.717, 1.165) is 19.3 Å². The van der Waals surface area contributed by atoms with Crippen molar-refractivity contribution in [1.29, 1.82) is 0 Å². The monoisotopic (exact) mass is 311 g/mol. The van der Waals surface area contributed by atoms with Crippen LogP contribution >= 0.6 is 0 Å². The number of carboxylic acids is 1. The maximum Gasteiger partial charge on any atom is 0.335 e. The fourth-order valence-corrected chi connectivity index (χ4v) is 4.43. The summed E-state index contributed by atoms with van der Waals surface area (Å²) in [5, 5.41) is 8.95. The topological polar surface area (TPSA) is 83.5 Å². The molecular formula is C15H21NO4S. The van der Waals surface area contributed by atoms with Gasteiger partial charge < -0.3 is 5.11 Å². The number of hydrogen-bond acceptors (Lipinski definition) is 3. The van der Waals surface area contributed by atoms with Crippen molar-refractivity contribution < 1.29 is 18.3 Å². The van der Waals surface area contributed by atoms with Gasteiger partial charge in [-0.25, -0.2) is 17.9 Å². The zero-order valence-electron chi connectivity index (χ0n) is 12.2. The number of rotatable bonds is 4. The molecule has 2 atom stereocenters. The van der Waals surface area contributed by atoms with E-state index < -0.39 is 16.0 Å². The lowest BCUT2D eigenvalue weighted by Crippen LogP contribution is -2.40. The molecule has 5 nitrogen and oxygen atoms in total. The van der Waals surface area contributed by atoms with Crippen molar-refractivity contribution in [2.75, 3.05) is 0 Å². The predicted octanol–water partition coefficient (Wildman–Crippen LogP) is 2.49.